The van der Waals surface area contributed by atoms with E-state index in [1.807, 2.05) is 53.4 Å². The van der Waals surface area contributed by atoms with Crippen LogP contribution in [0.2, 0.25) is 0 Å². The van der Waals surface area contributed by atoms with Crippen molar-refractivity contribution >= 4 is 6.03 Å². The standard InChI is InChI=1S/C27H27FN2O/c1-3-17-27(24-7-5-4-6-8-24)18-19-30(26(31)29-27)20(2)21-9-11-22(12-10-21)23-13-15-25(28)16-14-23/h3-16,20H,1,17-19H2,2H3,(H,29,31)/t20-,27+/m0/s1. The molecule has 1 saturated heterocycles. The van der Waals surface area contributed by atoms with Gasteiger partial charge in [0.25, 0.3) is 0 Å². The van der Waals surface area contributed by atoms with E-state index >= 15 is 0 Å². The maximum absolute atomic E-state index is 13.2. The predicted octanol–water partition coefficient (Wildman–Crippen LogP) is 6.44. The summed E-state index contributed by atoms with van der Waals surface area (Å²) in [5.74, 6) is -0.242. The van der Waals surface area contributed by atoms with Crippen molar-refractivity contribution in [1.82, 2.24) is 10.2 Å². The summed E-state index contributed by atoms with van der Waals surface area (Å²) in [4.78, 5) is 15.0. The van der Waals surface area contributed by atoms with Gasteiger partial charge in [-0.05, 0) is 54.2 Å². The Labute approximate surface area is 183 Å². The SMILES string of the molecule is C=CC[C@]1(c2ccccc2)CCN([C@@H](C)c2ccc(-c3ccc(F)cc3)cc2)C(=O)N1. The molecule has 0 radical (unpaired) electrons. The van der Waals surface area contributed by atoms with E-state index in [4.69, 9.17) is 0 Å². The summed E-state index contributed by atoms with van der Waals surface area (Å²) in [5.41, 5.74) is 3.75. The van der Waals surface area contributed by atoms with E-state index in [0.29, 0.717) is 13.0 Å². The van der Waals surface area contributed by atoms with Crippen molar-refractivity contribution in [3.8, 4) is 11.1 Å². The minimum atomic E-state index is -0.414. The number of halogens is 1. The molecule has 0 aromatic heterocycles. The van der Waals surface area contributed by atoms with Gasteiger partial charge in [0.05, 0.1) is 11.6 Å². The molecule has 1 aliphatic heterocycles. The Balaban J connectivity index is 1.51. The summed E-state index contributed by atoms with van der Waals surface area (Å²) in [6.07, 6.45) is 3.38. The molecule has 0 aliphatic carbocycles. The first-order valence-electron chi connectivity index (χ1n) is 10.6. The highest BCUT2D eigenvalue weighted by Crippen LogP contribution is 2.35. The highest BCUT2D eigenvalue weighted by molar-refractivity contribution is 5.77. The van der Waals surface area contributed by atoms with Gasteiger partial charge in [0, 0.05) is 6.54 Å². The molecule has 3 aromatic carbocycles. The fourth-order valence-corrected chi connectivity index (χ4v) is 4.39. The molecule has 158 valence electrons. The van der Waals surface area contributed by atoms with Crippen molar-refractivity contribution in [2.24, 2.45) is 0 Å². The molecule has 1 N–H and O–H groups in total. The van der Waals surface area contributed by atoms with Crippen LogP contribution in [0.1, 0.15) is 36.9 Å². The van der Waals surface area contributed by atoms with Gasteiger partial charge in [-0.1, -0.05) is 72.8 Å². The zero-order chi connectivity index (χ0) is 21.8. The van der Waals surface area contributed by atoms with Crippen molar-refractivity contribution in [1.29, 1.82) is 0 Å². The second kappa shape index (κ2) is 8.76. The van der Waals surface area contributed by atoms with Crippen LogP contribution in [0.15, 0.2) is 91.5 Å². The largest absolute Gasteiger partial charge is 0.328 e. The van der Waals surface area contributed by atoms with Crippen LogP contribution in [0.25, 0.3) is 11.1 Å². The number of benzene rings is 3. The molecule has 0 spiro atoms. The molecule has 1 fully saturated rings. The van der Waals surface area contributed by atoms with Gasteiger partial charge >= 0.3 is 6.03 Å². The zero-order valence-electron chi connectivity index (χ0n) is 17.7. The molecule has 0 saturated carbocycles. The average Bonchev–Trinajstić information content (AvgIpc) is 2.80. The molecule has 4 rings (SSSR count). The third kappa shape index (κ3) is 4.24. The van der Waals surface area contributed by atoms with Gasteiger partial charge in [-0.25, -0.2) is 9.18 Å². The fourth-order valence-electron chi connectivity index (χ4n) is 4.39. The second-order valence-corrected chi connectivity index (χ2v) is 8.12. The lowest BCUT2D eigenvalue weighted by Gasteiger charge is -2.44. The Morgan fingerprint density at radius 1 is 1.03 bits per heavy atom. The Bertz CT molecular complexity index is 1050. The Hall–Kier alpha value is -3.40. The molecule has 1 aliphatic rings. The Morgan fingerprint density at radius 2 is 1.65 bits per heavy atom. The van der Waals surface area contributed by atoms with Crippen LogP contribution in [-0.2, 0) is 5.54 Å². The number of nitrogens with one attached hydrogen (secondary N) is 1. The van der Waals surface area contributed by atoms with Crippen LogP contribution >= 0.6 is 0 Å². The first-order chi connectivity index (χ1) is 15.0. The Kier molecular flexibility index (Phi) is 5.90. The molecule has 31 heavy (non-hydrogen) atoms. The molecule has 4 heteroatoms. The molecule has 0 unspecified atom stereocenters. The lowest BCUT2D eigenvalue weighted by atomic mass is 9.82. The molecule has 2 amide bonds. The average molecular weight is 415 g/mol. The van der Waals surface area contributed by atoms with E-state index in [1.165, 1.54) is 12.1 Å². The third-order valence-electron chi connectivity index (χ3n) is 6.24. The van der Waals surface area contributed by atoms with Crippen molar-refractivity contribution in [2.75, 3.05) is 6.54 Å². The van der Waals surface area contributed by atoms with Crippen LogP contribution in [-0.4, -0.2) is 17.5 Å². The van der Waals surface area contributed by atoms with Gasteiger partial charge in [0.2, 0.25) is 0 Å². The second-order valence-electron chi connectivity index (χ2n) is 8.12. The van der Waals surface area contributed by atoms with Crippen molar-refractivity contribution < 1.29 is 9.18 Å². The van der Waals surface area contributed by atoms with E-state index in [2.05, 4.69) is 31.0 Å². The number of hydrogen-bond acceptors (Lipinski definition) is 1. The first-order valence-corrected chi connectivity index (χ1v) is 10.6. The van der Waals surface area contributed by atoms with Crippen LogP contribution < -0.4 is 5.32 Å². The van der Waals surface area contributed by atoms with E-state index in [1.54, 1.807) is 12.1 Å². The third-order valence-corrected chi connectivity index (χ3v) is 6.24. The lowest BCUT2D eigenvalue weighted by molar-refractivity contribution is 0.126. The van der Waals surface area contributed by atoms with Crippen molar-refractivity contribution in [3.05, 3.63) is 108 Å². The van der Waals surface area contributed by atoms with Crippen LogP contribution in [0.3, 0.4) is 0 Å². The molecule has 1 heterocycles. The molecular formula is C27H27FN2O. The van der Waals surface area contributed by atoms with Crippen molar-refractivity contribution in [2.45, 2.75) is 31.3 Å². The number of nitrogens with zero attached hydrogens (tertiary/aromatic N) is 1. The van der Waals surface area contributed by atoms with Crippen LogP contribution in [0.4, 0.5) is 9.18 Å². The Morgan fingerprint density at radius 3 is 2.23 bits per heavy atom. The van der Waals surface area contributed by atoms with Crippen LogP contribution in [0.5, 0.6) is 0 Å². The number of carbonyl (C=O) groups excluding carboxylic acids is 1. The van der Waals surface area contributed by atoms with Gasteiger partial charge in [-0.15, -0.1) is 6.58 Å². The van der Waals surface area contributed by atoms with E-state index in [-0.39, 0.29) is 17.9 Å². The quantitative estimate of drug-likeness (QED) is 0.463. The number of rotatable bonds is 6. The van der Waals surface area contributed by atoms with E-state index in [0.717, 1.165) is 28.7 Å². The van der Waals surface area contributed by atoms with Crippen molar-refractivity contribution in [3.63, 3.8) is 0 Å². The normalized spacial score (nSPS) is 19.5. The van der Waals surface area contributed by atoms with Gasteiger partial charge in [0.1, 0.15) is 5.82 Å². The molecule has 0 bridgehead atoms. The van der Waals surface area contributed by atoms with Gasteiger partial charge in [-0.3, -0.25) is 0 Å². The molecule has 3 nitrogen and oxygen atoms in total. The number of hydrogen-bond donors (Lipinski definition) is 1. The molecular weight excluding hydrogens is 387 g/mol. The lowest BCUT2D eigenvalue weighted by Crippen LogP contribution is -2.58. The fraction of sp³-hybridized carbons (Fsp3) is 0.222. The topological polar surface area (TPSA) is 32.3 Å². The highest BCUT2D eigenvalue weighted by atomic mass is 19.1. The summed E-state index contributed by atoms with van der Waals surface area (Å²) in [6.45, 7) is 6.62. The summed E-state index contributed by atoms with van der Waals surface area (Å²) < 4.78 is 13.2. The summed E-state index contributed by atoms with van der Waals surface area (Å²) in [6, 6.07) is 24.6. The summed E-state index contributed by atoms with van der Waals surface area (Å²) >= 11 is 0. The van der Waals surface area contributed by atoms with E-state index < -0.39 is 5.54 Å². The minimum absolute atomic E-state index is 0.0558. The first kappa shape index (κ1) is 20.9. The summed E-state index contributed by atoms with van der Waals surface area (Å²) in [7, 11) is 0. The smallest absolute Gasteiger partial charge is 0.318 e. The highest BCUT2D eigenvalue weighted by Gasteiger charge is 2.40. The maximum Gasteiger partial charge on any atom is 0.318 e. The monoisotopic (exact) mass is 414 g/mol. The van der Waals surface area contributed by atoms with Gasteiger partial charge < -0.3 is 10.2 Å². The zero-order valence-corrected chi connectivity index (χ0v) is 17.7. The number of amides is 2. The predicted molar refractivity (Wildman–Crippen MR) is 123 cm³/mol. The minimum Gasteiger partial charge on any atom is -0.328 e. The molecule has 3 aromatic rings. The number of carbonyl (C=O) groups is 1. The molecule has 2 atom stereocenters. The van der Waals surface area contributed by atoms with Gasteiger partial charge in [0.15, 0.2) is 0 Å². The van der Waals surface area contributed by atoms with E-state index in [9.17, 15) is 9.18 Å². The number of urea groups is 1. The van der Waals surface area contributed by atoms with Crippen LogP contribution in [0, 0.1) is 5.82 Å². The maximum atomic E-state index is 13.2. The van der Waals surface area contributed by atoms with Gasteiger partial charge in [-0.2, -0.15) is 0 Å². The summed E-state index contributed by atoms with van der Waals surface area (Å²) in [5, 5.41) is 3.27.